The van der Waals surface area contributed by atoms with Crippen LogP contribution in [0.15, 0.2) is 0 Å². The van der Waals surface area contributed by atoms with E-state index in [0.717, 1.165) is 44.9 Å². The van der Waals surface area contributed by atoms with Gasteiger partial charge in [-0.05, 0) is 25.7 Å². The number of aliphatic carboxylic acids is 2. The third kappa shape index (κ3) is 17.9. The van der Waals surface area contributed by atoms with E-state index in [9.17, 15) is 19.8 Å². The first kappa shape index (κ1) is 19.9. The normalized spacial score (nSPS) is 9.78. The Kier molecular flexibility index (Phi) is 16.2. The molecule has 100 valence electrons. The van der Waals surface area contributed by atoms with Gasteiger partial charge in [0.1, 0.15) is 0 Å². The average molecular weight is 308 g/mol. The van der Waals surface area contributed by atoms with Gasteiger partial charge in [0.2, 0.25) is 0 Å². The van der Waals surface area contributed by atoms with Gasteiger partial charge in [0.05, 0.1) is 0 Å². The van der Waals surface area contributed by atoms with Gasteiger partial charge in [0.25, 0.3) is 0 Å². The second kappa shape index (κ2) is 14.6. The number of carbonyl (C=O) groups excluding carboxylic acids is 2. The van der Waals surface area contributed by atoms with Crippen molar-refractivity contribution in [2.24, 2.45) is 0 Å². The maximum Gasteiger partial charge on any atom is 2.00 e. The minimum Gasteiger partial charge on any atom is -0.550 e. The first-order valence-corrected chi connectivity index (χ1v) is 6.52. The maximum absolute atomic E-state index is 10.1. The van der Waals surface area contributed by atoms with E-state index in [1.165, 1.54) is 0 Å². The number of carboxylic acid groups (broad SMARTS) is 2. The summed E-state index contributed by atoms with van der Waals surface area (Å²) in [5.74, 6) is -1.92. The smallest absolute Gasteiger partial charge is 0.550 e. The molecule has 0 heterocycles. The molecule has 0 aromatic carbocycles. The van der Waals surface area contributed by atoms with E-state index in [2.05, 4.69) is 0 Å². The van der Waals surface area contributed by atoms with E-state index >= 15 is 0 Å². The van der Waals surface area contributed by atoms with Crippen LogP contribution in [0.2, 0.25) is 0 Å². The summed E-state index contributed by atoms with van der Waals surface area (Å²) in [6, 6.07) is 0. The molecule has 0 aliphatic heterocycles. The van der Waals surface area contributed by atoms with Crippen molar-refractivity contribution in [2.75, 3.05) is 0 Å². The van der Waals surface area contributed by atoms with E-state index < -0.39 is 11.9 Å². The monoisotopic (exact) mass is 306 g/mol. The number of carbonyl (C=O) groups is 2. The fourth-order valence-corrected chi connectivity index (χ4v) is 1.78. The van der Waals surface area contributed by atoms with Crippen LogP contribution in [-0.4, -0.2) is 11.9 Å². The van der Waals surface area contributed by atoms with E-state index in [1.54, 1.807) is 0 Å². The Morgan fingerprint density at radius 3 is 1.00 bits per heavy atom. The van der Waals surface area contributed by atoms with Gasteiger partial charge in [-0.3, -0.25) is 0 Å². The largest absolute Gasteiger partial charge is 2.00 e. The Morgan fingerprint density at radius 1 is 0.556 bits per heavy atom. The summed E-state index contributed by atoms with van der Waals surface area (Å²) in [5, 5.41) is 20.3. The Morgan fingerprint density at radius 2 is 0.778 bits per heavy atom. The van der Waals surface area contributed by atoms with Gasteiger partial charge >= 0.3 is 19.5 Å². The molecule has 0 bridgehead atoms. The van der Waals surface area contributed by atoms with Crippen molar-refractivity contribution in [1.82, 2.24) is 0 Å². The van der Waals surface area contributed by atoms with Gasteiger partial charge in [-0.15, -0.1) is 0 Å². The average Bonchev–Trinajstić information content (AvgIpc) is 2.25. The zero-order chi connectivity index (χ0) is 12.9. The molecular weight excluding hydrogens is 286 g/mol. The van der Waals surface area contributed by atoms with Crippen molar-refractivity contribution in [3.63, 3.8) is 0 Å². The van der Waals surface area contributed by atoms with Crippen molar-refractivity contribution in [1.29, 1.82) is 0 Å². The fraction of sp³-hybridized carbons (Fsp3) is 0.846. The Balaban J connectivity index is 0. The van der Waals surface area contributed by atoms with Crippen LogP contribution in [0.5, 0.6) is 0 Å². The SMILES string of the molecule is O=C([O-])CCCCCCCCCCCC(=O)[O-].[Zn+2]. The summed E-state index contributed by atoms with van der Waals surface area (Å²) in [4.78, 5) is 20.3. The van der Waals surface area contributed by atoms with Crippen molar-refractivity contribution < 1.29 is 39.3 Å². The summed E-state index contributed by atoms with van der Waals surface area (Å²) >= 11 is 0. The molecule has 5 heteroatoms. The molecule has 0 unspecified atom stereocenters. The molecule has 0 aliphatic carbocycles. The number of unbranched alkanes of at least 4 members (excludes halogenated alkanes) is 8. The van der Waals surface area contributed by atoms with E-state index in [-0.39, 0.29) is 32.3 Å². The third-order valence-corrected chi connectivity index (χ3v) is 2.76. The molecule has 0 spiro atoms. The van der Waals surface area contributed by atoms with Gasteiger partial charge in [0, 0.05) is 11.9 Å². The van der Waals surface area contributed by atoms with Crippen LogP contribution in [0.1, 0.15) is 70.6 Å². The van der Waals surface area contributed by atoms with Gasteiger partial charge < -0.3 is 19.8 Å². The topological polar surface area (TPSA) is 80.3 Å². The Bertz CT molecular complexity index is 197. The van der Waals surface area contributed by atoms with Crippen LogP contribution >= 0.6 is 0 Å². The van der Waals surface area contributed by atoms with Gasteiger partial charge in [0.15, 0.2) is 0 Å². The Hall–Kier alpha value is -0.437. The van der Waals surface area contributed by atoms with Crippen LogP contribution in [0.3, 0.4) is 0 Å². The molecule has 0 aromatic rings. The second-order valence-corrected chi connectivity index (χ2v) is 4.43. The van der Waals surface area contributed by atoms with Gasteiger partial charge in [-0.25, -0.2) is 0 Å². The van der Waals surface area contributed by atoms with Crippen molar-refractivity contribution >= 4 is 11.9 Å². The summed E-state index contributed by atoms with van der Waals surface area (Å²) in [5.41, 5.74) is 0. The predicted molar refractivity (Wildman–Crippen MR) is 60.8 cm³/mol. The van der Waals surface area contributed by atoms with Gasteiger partial charge in [-0.1, -0.05) is 44.9 Å². The van der Waals surface area contributed by atoms with Crippen molar-refractivity contribution in [3.05, 3.63) is 0 Å². The summed E-state index contributed by atoms with van der Waals surface area (Å²) < 4.78 is 0. The zero-order valence-electron chi connectivity index (χ0n) is 11.1. The second-order valence-electron chi connectivity index (χ2n) is 4.43. The molecule has 0 amide bonds. The summed E-state index contributed by atoms with van der Waals surface area (Å²) in [6.45, 7) is 0. The molecule has 0 rings (SSSR count). The first-order chi connectivity index (χ1) is 8.13. The molecule has 0 aromatic heterocycles. The molecule has 0 radical (unpaired) electrons. The number of carboxylic acids is 2. The number of hydrogen-bond donors (Lipinski definition) is 0. The molecule has 0 N–H and O–H groups in total. The summed E-state index contributed by atoms with van der Waals surface area (Å²) in [6.07, 6.45) is 9.25. The first-order valence-electron chi connectivity index (χ1n) is 6.52. The minimum absolute atomic E-state index is 0. The van der Waals surface area contributed by atoms with Crippen LogP contribution in [-0.2, 0) is 29.1 Å². The zero-order valence-corrected chi connectivity index (χ0v) is 14.1. The van der Waals surface area contributed by atoms with Crippen molar-refractivity contribution in [2.45, 2.75) is 70.6 Å². The molecular formula is C13H22O4Zn. The van der Waals surface area contributed by atoms with E-state index in [4.69, 9.17) is 0 Å². The van der Waals surface area contributed by atoms with Crippen LogP contribution < -0.4 is 10.2 Å². The van der Waals surface area contributed by atoms with Gasteiger partial charge in [-0.2, -0.15) is 0 Å². The maximum atomic E-state index is 10.1. The molecule has 0 aliphatic rings. The molecule has 0 fully saturated rings. The molecule has 18 heavy (non-hydrogen) atoms. The quantitative estimate of drug-likeness (QED) is 0.394. The van der Waals surface area contributed by atoms with Crippen LogP contribution in [0, 0.1) is 0 Å². The molecule has 0 saturated carbocycles. The summed E-state index contributed by atoms with van der Waals surface area (Å²) in [7, 11) is 0. The molecule has 0 atom stereocenters. The number of rotatable bonds is 12. The van der Waals surface area contributed by atoms with Crippen LogP contribution in [0.4, 0.5) is 0 Å². The third-order valence-electron chi connectivity index (χ3n) is 2.76. The van der Waals surface area contributed by atoms with E-state index in [0.29, 0.717) is 12.8 Å². The van der Waals surface area contributed by atoms with Crippen molar-refractivity contribution in [3.8, 4) is 0 Å². The standard InChI is InChI=1S/C13H24O4.Zn/c14-12(15)10-8-6-4-2-1-3-5-7-9-11-13(16)17;/h1-11H2,(H,14,15)(H,16,17);/q;+2/p-2. The molecule has 0 saturated heterocycles. The minimum atomic E-state index is -0.960. The predicted octanol–water partition coefficient (Wildman–Crippen LogP) is 0.775. The fourth-order valence-electron chi connectivity index (χ4n) is 1.78. The van der Waals surface area contributed by atoms with Crippen LogP contribution in [0.25, 0.3) is 0 Å². The Labute approximate surface area is 122 Å². The molecule has 4 nitrogen and oxygen atoms in total. The van der Waals surface area contributed by atoms with E-state index in [1.807, 2.05) is 0 Å². The number of hydrogen-bond acceptors (Lipinski definition) is 4.